The van der Waals surface area contributed by atoms with Crippen LogP contribution in [0, 0.1) is 0 Å². The lowest BCUT2D eigenvalue weighted by Crippen LogP contribution is -2.53. The Morgan fingerprint density at radius 3 is 2.21 bits per heavy atom. The molecule has 2 aliphatic heterocycles. The van der Waals surface area contributed by atoms with E-state index in [1.54, 1.807) is 4.90 Å². The Morgan fingerprint density at radius 2 is 1.74 bits per heavy atom. The van der Waals surface area contributed by atoms with Crippen molar-refractivity contribution >= 4 is 11.9 Å². The number of carbonyl (C=O) groups is 2. The lowest BCUT2D eigenvalue weighted by atomic mass is 10.0. The zero-order valence-electron chi connectivity index (χ0n) is 11.7. The van der Waals surface area contributed by atoms with E-state index in [1.807, 2.05) is 18.7 Å². The number of nitrogens with zero attached hydrogens (tertiary/aromatic N) is 2. The average Bonchev–Trinajstić information content (AvgIpc) is 2.36. The Morgan fingerprint density at radius 1 is 1.16 bits per heavy atom. The zero-order chi connectivity index (χ0) is 13.8. The van der Waals surface area contributed by atoms with Crippen molar-refractivity contribution in [1.82, 2.24) is 20.4 Å². The third kappa shape index (κ3) is 3.07. The summed E-state index contributed by atoms with van der Waals surface area (Å²) in [4.78, 5) is 27.5. The first-order valence-corrected chi connectivity index (χ1v) is 6.85. The second-order valence-corrected chi connectivity index (χ2v) is 4.95. The van der Waals surface area contributed by atoms with E-state index in [0.717, 1.165) is 18.7 Å². The van der Waals surface area contributed by atoms with Crippen LogP contribution in [0.1, 0.15) is 13.8 Å². The fraction of sp³-hybridized carbons (Fsp3) is 0.692. The lowest BCUT2D eigenvalue weighted by molar-refractivity contribution is -0.128. The van der Waals surface area contributed by atoms with Crippen LogP contribution in [0.2, 0.25) is 0 Å². The number of amides is 3. The Balaban J connectivity index is 1.86. The van der Waals surface area contributed by atoms with Gasteiger partial charge in [0.15, 0.2) is 0 Å². The van der Waals surface area contributed by atoms with Crippen LogP contribution in [-0.4, -0.2) is 67.6 Å². The van der Waals surface area contributed by atoms with E-state index in [-0.39, 0.29) is 11.9 Å². The van der Waals surface area contributed by atoms with Gasteiger partial charge < -0.3 is 20.4 Å². The molecule has 106 valence electrons. The molecule has 0 unspecified atom stereocenters. The highest BCUT2D eigenvalue weighted by atomic mass is 16.2. The zero-order valence-corrected chi connectivity index (χ0v) is 11.7. The molecule has 2 saturated heterocycles. The van der Waals surface area contributed by atoms with Crippen LogP contribution >= 0.6 is 0 Å². The largest absolute Gasteiger partial charge is 0.338 e. The molecule has 0 atom stereocenters. The van der Waals surface area contributed by atoms with Crippen LogP contribution in [0.4, 0.5) is 4.79 Å². The summed E-state index contributed by atoms with van der Waals surface area (Å²) in [5.41, 5.74) is 2.07. The molecular formula is C13H22N4O2. The Hall–Kier alpha value is -1.56. The predicted molar refractivity (Wildman–Crippen MR) is 72.8 cm³/mol. The summed E-state index contributed by atoms with van der Waals surface area (Å²) in [6.07, 6.45) is 0. The number of carbonyl (C=O) groups excluding carboxylic acids is 2. The van der Waals surface area contributed by atoms with Gasteiger partial charge >= 0.3 is 6.03 Å². The van der Waals surface area contributed by atoms with E-state index < -0.39 is 0 Å². The number of rotatable bonds is 2. The van der Waals surface area contributed by atoms with E-state index in [4.69, 9.17) is 0 Å². The topological polar surface area (TPSA) is 64.7 Å². The highest BCUT2D eigenvalue weighted by molar-refractivity contribution is 5.94. The molecule has 0 radical (unpaired) electrons. The fourth-order valence-corrected chi connectivity index (χ4v) is 2.28. The van der Waals surface area contributed by atoms with E-state index in [1.165, 1.54) is 5.57 Å². The Labute approximate surface area is 113 Å². The Bertz CT molecular complexity index is 391. The molecule has 0 aromatic rings. The maximum Gasteiger partial charge on any atom is 0.317 e. The number of hydrogen-bond acceptors (Lipinski definition) is 3. The molecule has 0 saturated carbocycles. The summed E-state index contributed by atoms with van der Waals surface area (Å²) >= 11 is 0. The van der Waals surface area contributed by atoms with Crippen molar-refractivity contribution in [3.63, 3.8) is 0 Å². The number of piperazine rings is 1. The van der Waals surface area contributed by atoms with Crippen molar-refractivity contribution in [2.24, 2.45) is 0 Å². The summed E-state index contributed by atoms with van der Waals surface area (Å²) in [6, 6.07) is -0.0344. The van der Waals surface area contributed by atoms with Gasteiger partial charge in [0.05, 0.1) is 0 Å². The summed E-state index contributed by atoms with van der Waals surface area (Å²) in [5.74, 6) is 0.118. The van der Waals surface area contributed by atoms with Crippen LogP contribution in [0.15, 0.2) is 11.1 Å². The van der Waals surface area contributed by atoms with Crippen LogP contribution in [0.3, 0.4) is 0 Å². The molecule has 2 aliphatic rings. The number of hydrogen-bond donors (Lipinski definition) is 2. The van der Waals surface area contributed by atoms with Crippen molar-refractivity contribution in [3.8, 4) is 0 Å². The van der Waals surface area contributed by atoms with Crippen LogP contribution in [0.5, 0.6) is 0 Å². The molecule has 2 fully saturated rings. The standard InChI is InChI=1S/C13H22N4O2/c1-3-15-13(19)17-6-4-16(5-7-17)12(18)10(2)11-8-14-9-11/h14H,3-9H2,1-2H3,(H,15,19). The van der Waals surface area contributed by atoms with Gasteiger partial charge in [0.25, 0.3) is 0 Å². The van der Waals surface area contributed by atoms with E-state index in [0.29, 0.717) is 32.7 Å². The maximum atomic E-state index is 12.3. The smallest absolute Gasteiger partial charge is 0.317 e. The summed E-state index contributed by atoms with van der Waals surface area (Å²) < 4.78 is 0. The van der Waals surface area contributed by atoms with Gasteiger partial charge in [-0.1, -0.05) is 0 Å². The molecule has 6 nitrogen and oxygen atoms in total. The van der Waals surface area contributed by atoms with Crippen molar-refractivity contribution in [3.05, 3.63) is 11.1 Å². The van der Waals surface area contributed by atoms with Gasteiger partial charge in [-0.2, -0.15) is 0 Å². The highest BCUT2D eigenvalue weighted by Crippen LogP contribution is 2.13. The normalized spacial score (nSPS) is 18.9. The second-order valence-electron chi connectivity index (χ2n) is 4.95. The first-order valence-electron chi connectivity index (χ1n) is 6.85. The summed E-state index contributed by atoms with van der Waals surface area (Å²) in [7, 11) is 0. The van der Waals surface area contributed by atoms with Crippen LogP contribution in [-0.2, 0) is 4.79 Å². The van der Waals surface area contributed by atoms with Crippen molar-refractivity contribution in [2.45, 2.75) is 13.8 Å². The quantitative estimate of drug-likeness (QED) is 0.679. The van der Waals surface area contributed by atoms with Gasteiger partial charge in [0.1, 0.15) is 0 Å². The van der Waals surface area contributed by atoms with E-state index >= 15 is 0 Å². The SMILES string of the molecule is CCNC(=O)N1CCN(C(=O)C(C)=C2CNC2)CC1. The Kier molecular flexibility index (Phi) is 4.42. The first-order chi connectivity index (χ1) is 9.13. The molecule has 0 spiro atoms. The van der Waals surface area contributed by atoms with Gasteiger partial charge in [0.2, 0.25) is 5.91 Å². The fourth-order valence-electron chi connectivity index (χ4n) is 2.28. The average molecular weight is 266 g/mol. The molecule has 0 aromatic carbocycles. The molecule has 6 heteroatoms. The molecule has 3 amide bonds. The third-order valence-electron chi connectivity index (χ3n) is 3.71. The monoisotopic (exact) mass is 266 g/mol. The predicted octanol–water partition coefficient (Wildman–Crippen LogP) is -0.220. The minimum Gasteiger partial charge on any atom is -0.338 e. The van der Waals surface area contributed by atoms with Crippen LogP contribution in [0.25, 0.3) is 0 Å². The summed E-state index contributed by atoms with van der Waals surface area (Å²) in [6.45, 7) is 8.55. The maximum absolute atomic E-state index is 12.3. The van der Waals surface area contributed by atoms with Gasteiger partial charge in [-0.05, 0) is 19.4 Å². The van der Waals surface area contributed by atoms with Gasteiger partial charge in [-0.3, -0.25) is 4.79 Å². The molecule has 2 N–H and O–H groups in total. The molecule has 0 aliphatic carbocycles. The van der Waals surface area contributed by atoms with Gasteiger partial charge in [0, 0.05) is 51.4 Å². The van der Waals surface area contributed by atoms with Gasteiger partial charge in [-0.15, -0.1) is 0 Å². The minimum absolute atomic E-state index is 0.0344. The van der Waals surface area contributed by atoms with Gasteiger partial charge in [-0.25, -0.2) is 4.79 Å². The minimum atomic E-state index is -0.0344. The summed E-state index contributed by atoms with van der Waals surface area (Å²) in [5, 5.41) is 5.93. The van der Waals surface area contributed by atoms with Crippen molar-refractivity contribution in [1.29, 1.82) is 0 Å². The molecule has 0 bridgehead atoms. The van der Waals surface area contributed by atoms with E-state index in [9.17, 15) is 9.59 Å². The van der Waals surface area contributed by atoms with Crippen molar-refractivity contribution < 1.29 is 9.59 Å². The van der Waals surface area contributed by atoms with Crippen LogP contribution < -0.4 is 10.6 Å². The molecule has 19 heavy (non-hydrogen) atoms. The lowest BCUT2D eigenvalue weighted by Gasteiger charge is -2.35. The number of nitrogens with one attached hydrogen (secondary N) is 2. The molecule has 2 heterocycles. The molecule has 2 rings (SSSR count). The molecular weight excluding hydrogens is 244 g/mol. The highest BCUT2D eigenvalue weighted by Gasteiger charge is 2.26. The third-order valence-corrected chi connectivity index (χ3v) is 3.71. The van der Waals surface area contributed by atoms with Crippen molar-refractivity contribution in [2.75, 3.05) is 45.8 Å². The molecule has 0 aromatic heterocycles. The first kappa shape index (κ1) is 13.9. The second kappa shape index (κ2) is 6.06. The number of urea groups is 1. The van der Waals surface area contributed by atoms with E-state index in [2.05, 4.69) is 10.6 Å².